The van der Waals surface area contributed by atoms with Gasteiger partial charge in [-0.05, 0) is 44.1 Å². The van der Waals surface area contributed by atoms with E-state index in [0.717, 1.165) is 45.3 Å². The van der Waals surface area contributed by atoms with Crippen molar-refractivity contribution in [3.63, 3.8) is 0 Å². The minimum absolute atomic E-state index is 0.162. The topological polar surface area (TPSA) is 69.0 Å². The molecule has 0 bridgehead atoms. The Morgan fingerprint density at radius 2 is 2.16 bits per heavy atom. The second-order valence-electron chi connectivity index (χ2n) is 6.49. The zero-order valence-corrected chi connectivity index (χ0v) is 14.6. The third kappa shape index (κ3) is 5.67. The van der Waals surface area contributed by atoms with Gasteiger partial charge in [0.2, 0.25) is 0 Å². The molecule has 6 heteroatoms. The molecule has 1 fully saturated rings. The molecule has 25 heavy (non-hydrogen) atoms. The molecule has 0 saturated carbocycles. The van der Waals surface area contributed by atoms with Crippen LogP contribution in [0.1, 0.15) is 48.2 Å². The second kappa shape index (κ2) is 9.32. The van der Waals surface area contributed by atoms with Gasteiger partial charge in [-0.15, -0.1) is 5.10 Å². The van der Waals surface area contributed by atoms with Gasteiger partial charge in [0.1, 0.15) is 0 Å². The molecule has 0 radical (unpaired) electrons. The minimum Gasteiger partial charge on any atom is -0.378 e. The molecule has 1 aliphatic heterocycles. The highest BCUT2D eigenvalue weighted by Crippen LogP contribution is 2.14. The molecule has 1 atom stereocenters. The Hall–Kier alpha value is -2.21. The third-order valence-corrected chi connectivity index (χ3v) is 4.49. The number of rotatable bonds is 8. The van der Waals surface area contributed by atoms with E-state index in [1.165, 1.54) is 12.0 Å². The van der Waals surface area contributed by atoms with Crippen LogP contribution >= 0.6 is 0 Å². The van der Waals surface area contributed by atoms with Gasteiger partial charge in [0, 0.05) is 19.7 Å². The monoisotopic (exact) mass is 342 g/mol. The maximum atomic E-state index is 12.1. The van der Waals surface area contributed by atoms with Crippen LogP contribution in [0.3, 0.4) is 0 Å². The molecule has 0 spiro atoms. The highest BCUT2D eigenvalue weighted by Gasteiger charge is 2.15. The number of nitrogens with one attached hydrogen (secondary N) is 1. The van der Waals surface area contributed by atoms with Crippen LogP contribution < -0.4 is 5.32 Å². The number of ether oxygens (including phenoxy) is 1. The Morgan fingerprint density at radius 1 is 1.28 bits per heavy atom. The molecule has 2 heterocycles. The average molecular weight is 342 g/mol. The van der Waals surface area contributed by atoms with Gasteiger partial charge in [-0.1, -0.05) is 35.5 Å². The van der Waals surface area contributed by atoms with E-state index in [2.05, 4.69) is 27.8 Å². The third-order valence-electron chi connectivity index (χ3n) is 4.49. The molecule has 3 rings (SSSR count). The number of benzene rings is 1. The van der Waals surface area contributed by atoms with Crippen molar-refractivity contribution in [1.29, 1.82) is 0 Å². The van der Waals surface area contributed by atoms with Gasteiger partial charge in [0.15, 0.2) is 5.69 Å². The molecule has 1 amide bonds. The first-order chi connectivity index (χ1) is 12.3. The molecule has 1 aromatic carbocycles. The first-order valence-corrected chi connectivity index (χ1v) is 9.15. The summed E-state index contributed by atoms with van der Waals surface area (Å²) in [4.78, 5) is 12.1. The molecule has 134 valence electrons. The standard InChI is InChI=1S/C19H26N4O2/c24-19(20-12-11-17-10-4-5-14-25-17)18-15-23(22-21-18)13-6-9-16-7-2-1-3-8-16/h1-3,7-8,15,17H,4-6,9-14H2,(H,20,24)/t17-/m1/s1. The van der Waals surface area contributed by atoms with Gasteiger partial charge >= 0.3 is 0 Å². The van der Waals surface area contributed by atoms with Crippen molar-refractivity contribution >= 4 is 5.91 Å². The summed E-state index contributed by atoms with van der Waals surface area (Å²) in [7, 11) is 0. The highest BCUT2D eigenvalue weighted by atomic mass is 16.5. The van der Waals surface area contributed by atoms with E-state index in [9.17, 15) is 4.79 Å². The van der Waals surface area contributed by atoms with Crippen molar-refractivity contribution < 1.29 is 9.53 Å². The number of amides is 1. The number of carbonyl (C=O) groups is 1. The zero-order chi connectivity index (χ0) is 17.3. The Kier molecular flexibility index (Phi) is 6.56. The lowest BCUT2D eigenvalue weighted by Gasteiger charge is -2.22. The lowest BCUT2D eigenvalue weighted by molar-refractivity contribution is 0.0117. The summed E-state index contributed by atoms with van der Waals surface area (Å²) in [6, 6.07) is 10.4. The van der Waals surface area contributed by atoms with Crippen LogP contribution in [-0.4, -0.2) is 40.2 Å². The van der Waals surface area contributed by atoms with Crippen molar-refractivity contribution in [3.8, 4) is 0 Å². The van der Waals surface area contributed by atoms with E-state index in [1.807, 2.05) is 18.2 Å². The lowest BCUT2D eigenvalue weighted by Crippen LogP contribution is -2.29. The first-order valence-electron chi connectivity index (χ1n) is 9.15. The van der Waals surface area contributed by atoms with E-state index in [4.69, 9.17) is 4.74 Å². The van der Waals surface area contributed by atoms with E-state index in [1.54, 1.807) is 10.9 Å². The van der Waals surface area contributed by atoms with Crippen LogP contribution in [0.15, 0.2) is 36.5 Å². The first kappa shape index (κ1) is 17.6. The summed E-state index contributed by atoms with van der Waals surface area (Å²) in [6.07, 6.45) is 8.27. The highest BCUT2D eigenvalue weighted by molar-refractivity contribution is 5.91. The summed E-state index contributed by atoms with van der Waals surface area (Å²) in [5.41, 5.74) is 1.69. The number of nitrogens with zero attached hydrogens (tertiary/aromatic N) is 3. The number of carbonyl (C=O) groups excluding carboxylic acids is 1. The normalized spacial score (nSPS) is 17.4. The van der Waals surface area contributed by atoms with Crippen molar-refractivity contribution in [2.45, 2.75) is 51.2 Å². The van der Waals surface area contributed by atoms with Crippen molar-refractivity contribution in [2.75, 3.05) is 13.2 Å². The van der Waals surface area contributed by atoms with Gasteiger partial charge in [-0.2, -0.15) is 0 Å². The SMILES string of the molecule is O=C(NCC[C@H]1CCCCO1)c1cn(CCCc2ccccc2)nn1. The fraction of sp³-hybridized carbons (Fsp3) is 0.526. The Bertz CT molecular complexity index is 650. The second-order valence-corrected chi connectivity index (χ2v) is 6.49. The van der Waals surface area contributed by atoms with Crippen LogP contribution in [0, 0.1) is 0 Å². The molecule has 0 unspecified atom stereocenters. The minimum atomic E-state index is -0.162. The lowest BCUT2D eigenvalue weighted by atomic mass is 10.1. The van der Waals surface area contributed by atoms with Crippen molar-refractivity contribution in [3.05, 3.63) is 47.8 Å². The largest absolute Gasteiger partial charge is 0.378 e. The van der Waals surface area contributed by atoms with Crippen LogP contribution in [0.2, 0.25) is 0 Å². The maximum absolute atomic E-state index is 12.1. The molecular formula is C19H26N4O2. The zero-order valence-electron chi connectivity index (χ0n) is 14.6. The molecular weight excluding hydrogens is 316 g/mol. The fourth-order valence-electron chi connectivity index (χ4n) is 3.07. The van der Waals surface area contributed by atoms with Gasteiger partial charge in [-0.3, -0.25) is 9.48 Å². The van der Waals surface area contributed by atoms with Gasteiger partial charge in [0.25, 0.3) is 5.91 Å². The van der Waals surface area contributed by atoms with E-state index in [-0.39, 0.29) is 12.0 Å². The summed E-state index contributed by atoms with van der Waals surface area (Å²) in [6.45, 7) is 2.21. The van der Waals surface area contributed by atoms with Gasteiger partial charge in [0.05, 0.1) is 12.3 Å². The predicted molar refractivity (Wildman–Crippen MR) is 95.3 cm³/mol. The van der Waals surface area contributed by atoms with E-state index in [0.29, 0.717) is 12.2 Å². The Labute approximate surface area is 148 Å². The molecule has 2 aromatic rings. The van der Waals surface area contributed by atoms with Gasteiger partial charge < -0.3 is 10.1 Å². The fourth-order valence-corrected chi connectivity index (χ4v) is 3.07. The van der Waals surface area contributed by atoms with Crippen molar-refractivity contribution in [1.82, 2.24) is 20.3 Å². The van der Waals surface area contributed by atoms with E-state index < -0.39 is 0 Å². The molecule has 1 saturated heterocycles. The number of aromatic nitrogens is 3. The Morgan fingerprint density at radius 3 is 2.96 bits per heavy atom. The Balaban J connectivity index is 1.37. The summed E-state index contributed by atoms with van der Waals surface area (Å²) >= 11 is 0. The average Bonchev–Trinajstić information content (AvgIpc) is 3.12. The number of hydrogen-bond donors (Lipinski definition) is 1. The molecule has 1 aromatic heterocycles. The molecule has 1 aliphatic rings. The van der Waals surface area contributed by atoms with E-state index >= 15 is 0 Å². The van der Waals surface area contributed by atoms with Gasteiger partial charge in [-0.25, -0.2) is 0 Å². The van der Waals surface area contributed by atoms with Crippen LogP contribution in [0.25, 0.3) is 0 Å². The quantitative estimate of drug-likeness (QED) is 0.801. The summed E-state index contributed by atoms with van der Waals surface area (Å²) in [5.74, 6) is -0.162. The summed E-state index contributed by atoms with van der Waals surface area (Å²) in [5, 5.41) is 10.9. The number of hydrogen-bond acceptors (Lipinski definition) is 4. The molecule has 1 N–H and O–H groups in total. The van der Waals surface area contributed by atoms with Crippen molar-refractivity contribution in [2.24, 2.45) is 0 Å². The van der Waals surface area contributed by atoms with Crippen LogP contribution in [0.4, 0.5) is 0 Å². The molecule has 0 aliphatic carbocycles. The van der Waals surface area contributed by atoms with Crippen LogP contribution in [0.5, 0.6) is 0 Å². The molecule has 6 nitrogen and oxygen atoms in total. The van der Waals surface area contributed by atoms with Crippen LogP contribution in [-0.2, 0) is 17.7 Å². The predicted octanol–water partition coefficient (Wildman–Crippen LogP) is 2.60. The summed E-state index contributed by atoms with van der Waals surface area (Å²) < 4.78 is 7.41. The maximum Gasteiger partial charge on any atom is 0.273 e. The number of aryl methyl sites for hydroxylation is 2. The smallest absolute Gasteiger partial charge is 0.273 e.